The van der Waals surface area contributed by atoms with E-state index in [9.17, 15) is 4.79 Å². The molecule has 0 aromatic heterocycles. The first-order chi connectivity index (χ1) is 9.72. The molecule has 0 bridgehead atoms. The second kappa shape index (κ2) is 6.37. The molecule has 114 valence electrons. The highest BCUT2D eigenvalue weighted by Gasteiger charge is 2.39. The Morgan fingerprint density at radius 3 is 2.40 bits per heavy atom. The fourth-order valence-electron chi connectivity index (χ4n) is 4.82. The summed E-state index contributed by atoms with van der Waals surface area (Å²) in [6.07, 6.45) is 14.0. The minimum absolute atomic E-state index is 0.0699. The minimum atomic E-state index is 0.0699. The summed E-state index contributed by atoms with van der Waals surface area (Å²) < 4.78 is 0. The van der Waals surface area contributed by atoms with Crippen LogP contribution in [0.15, 0.2) is 0 Å². The first kappa shape index (κ1) is 14.9. The van der Waals surface area contributed by atoms with Gasteiger partial charge in [0, 0.05) is 16.8 Å². The predicted octanol–water partition coefficient (Wildman–Crippen LogP) is 4.42. The van der Waals surface area contributed by atoms with Gasteiger partial charge in [-0.05, 0) is 43.9 Å². The molecule has 20 heavy (non-hydrogen) atoms. The zero-order valence-electron chi connectivity index (χ0n) is 12.5. The van der Waals surface area contributed by atoms with E-state index in [2.05, 4.69) is 21.2 Å². The molecule has 0 spiro atoms. The summed E-state index contributed by atoms with van der Waals surface area (Å²) in [6.45, 7) is 0. The fourth-order valence-corrected chi connectivity index (χ4v) is 5.52. The third-order valence-electron chi connectivity index (χ3n) is 6.12. The van der Waals surface area contributed by atoms with Crippen LogP contribution in [0.2, 0.25) is 0 Å². The van der Waals surface area contributed by atoms with Crippen molar-refractivity contribution in [3.05, 3.63) is 0 Å². The highest BCUT2D eigenvalue weighted by Crippen LogP contribution is 2.43. The van der Waals surface area contributed by atoms with E-state index in [0.717, 1.165) is 42.8 Å². The van der Waals surface area contributed by atoms with Gasteiger partial charge in [-0.3, -0.25) is 4.79 Å². The Bertz CT molecular complexity index is 351. The molecular weight excluding hydrogens is 314 g/mol. The molecule has 3 saturated carbocycles. The Labute approximate surface area is 131 Å². The zero-order chi connectivity index (χ0) is 14.0. The number of nitrogens with one attached hydrogen (secondary N) is 1. The third-order valence-corrected chi connectivity index (χ3v) is 7.19. The Kier molecular flexibility index (Phi) is 4.74. The second-order valence-corrected chi connectivity index (χ2v) is 7.99. The van der Waals surface area contributed by atoms with Crippen LogP contribution < -0.4 is 5.32 Å². The van der Waals surface area contributed by atoms with Gasteiger partial charge in [-0.1, -0.05) is 54.5 Å². The van der Waals surface area contributed by atoms with E-state index >= 15 is 0 Å². The van der Waals surface area contributed by atoms with Gasteiger partial charge in [0.1, 0.15) is 0 Å². The lowest BCUT2D eigenvalue weighted by atomic mass is 9.67. The molecule has 0 heterocycles. The van der Waals surface area contributed by atoms with Crippen LogP contribution in [0.3, 0.4) is 0 Å². The topological polar surface area (TPSA) is 29.1 Å². The van der Waals surface area contributed by atoms with Crippen LogP contribution in [-0.2, 0) is 4.79 Å². The van der Waals surface area contributed by atoms with E-state index in [4.69, 9.17) is 0 Å². The van der Waals surface area contributed by atoms with Crippen molar-refractivity contribution in [3.8, 4) is 0 Å². The highest BCUT2D eigenvalue weighted by molar-refractivity contribution is 9.09. The van der Waals surface area contributed by atoms with Crippen LogP contribution in [0.5, 0.6) is 0 Å². The van der Waals surface area contributed by atoms with Crippen LogP contribution in [0.4, 0.5) is 0 Å². The summed E-state index contributed by atoms with van der Waals surface area (Å²) in [5, 5.41) is 4.34. The monoisotopic (exact) mass is 341 g/mol. The number of halogens is 1. The molecule has 0 radical (unpaired) electrons. The van der Waals surface area contributed by atoms with Crippen LogP contribution >= 0.6 is 15.9 Å². The van der Waals surface area contributed by atoms with Crippen molar-refractivity contribution in [2.24, 2.45) is 17.8 Å². The number of fused-ring (bicyclic) bond motifs is 1. The lowest BCUT2D eigenvalue weighted by Gasteiger charge is -2.40. The van der Waals surface area contributed by atoms with Gasteiger partial charge in [0.05, 0.1) is 0 Å². The van der Waals surface area contributed by atoms with Crippen molar-refractivity contribution in [3.63, 3.8) is 0 Å². The van der Waals surface area contributed by atoms with E-state index in [1.165, 1.54) is 44.9 Å². The Hall–Kier alpha value is -0.0500. The van der Waals surface area contributed by atoms with Gasteiger partial charge < -0.3 is 5.32 Å². The van der Waals surface area contributed by atoms with Gasteiger partial charge in [0.25, 0.3) is 0 Å². The largest absolute Gasteiger partial charge is 0.350 e. The number of amides is 1. The molecule has 3 rings (SSSR count). The van der Waals surface area contributed by atoms with Crippen molar-refractivity contribution < 1.29 is 4.79 Å². The second-order valence-electron chi connectivity index (χ2n) is 7.42. The minimum Gasteiger partial charge on any atom is -0.350 e. The first-order valence-corrected chi connectivity index (χ1v) is 9.73. The smallest absolute Gasteiger partial charge is 0.223 e. The van der Waals surface area contributed by atoms with Crippen LogP contribution in [0, 0.1) is 17.8 Å². The average Bonchev–Trinajstić information content (AvgIpc) is 2.96. The maximum absolute atomic E-state index is 12.7. The molecule has 3 heteroatoms. The van der Waals surface area contributed by atoms with Crippen molar-refractivity contribution in [2.45, 2.75) is 76.2 Å². The zero-order valence-corrected chi connectivity index (χ0v) is 14.1. The summed E-state index contributed by atoms with van der Waals surface area (Å²) >= 11 is 3.63. The average molecular weight is 342 g/mol. The van der Waals surface area contributed by atoms with Gasteiger partial charge in [-0.2, -0.15) is 0 Å². The summed E-state index contributed by atoms with van der Waals surface area (Å²) in [4.78, 5) is 12.7. The normalized spacial score (nSPS) is 36.4. The Balaban J connectivity index is 1.57. The molecule has 0 aliphatic heterocycles. The van der Waals surface area contributed by atoms with Crippen molar-refractivity contribution in [1.29, 1.82) is 0 Å². The maximum atomic E-state index is 12.7. The van der Waals surface area contributed by atoms with E-state index in [1.54, 1.807) is 0 Å². The molecule has 1 N–H and O–H groups in total. The van der Waals surface area contributed by atoms with Gasteiger partial charge >= 0.3 is 0 Å². The van der Waals surface area contributed by atoms with Gasteiger partial charge in [0.15, 0.2) is 0 Å². The number of hydrogen-bond donors (Lipinski definition) is 1. The first-order valence-electron chi connectivity index (χ1n) is 8.60. The standard InChI is InChI=1S/C17H28BrNO/c18-12-17(9-3-4-10-17)19-16(20)15-8-7-13-5-1-2-6-14(13)11-15/h13-15H,1-12H2,(H,19,20). The van der Waals surface area contributed by atoms with Crippen molar-refractivity contribution >= 4 is 21.8 Å². The van der Waals surface area contributed by atoms with Gasteiger partial charge in [-0.15, -0.1) is 0 Å². The molecule has 3 aliphatic rings. The molecule has 1 amide bonds. The SMILES string of the molecule is O=C(NC1(CBr)CCCC1)C1CCC2CCCCC2C1. The number of hydrogen-bond acceptors (Lipinski definition) is 1. The number of carbonyl (C=O) groups excluding carboxylic acids is 1. The molecule has 0 aromatic rings. The molecule has 0 saturated heterocycles. The van der Waals surface area contributed by atoms with E-state index in [-0.39, 0.29) is 5.54 Å². The number of rotatable bonds is 3. The van der Waals surface area contributed by atoms with Crippen molar-refractivity contribution in [1.82, 2.24) is 5.32 Å². The lowest BCUT2D eigenvalue weighted by Crippen LogP contribution is -2.51. The summed E-state index contributed by atoms with van der Waals surface area (Å²) in [5.41, 5.74) is 0.0699. The van der Waals surface area contributed by atoms with E-state index in [0.29, 0.717) is 11.8 Å². The van der Waals surface area contributed by atoms with Gasteiger partial charge in [0.2, 0.25) is 5.91 Å². The van der Waals surface area contributed by atoms with Crippen molar-refractivity contribution in [2.75, 3.05) is 5.33 Å². The lowest BCUT2D eigenvalue weighted by molar-refractivity contribution is -0.129. The quantitative estimate of drug-likeness (QED) is 0.756. The van der Waals surface area contributed by atoms with Crippen LogP contribution in [0.25, 0.3) is 0 Å². The van der Waals surface area contributed by atoms with Crippen LogP contribution in [-0.4, -0.2) is 16.8 Å². The van der Waals surface area contributed by atoms with Gasteiger partial charge in [-0.25, -0.2) is 0 Å². The molecule has 0 aromatic carbocycles. The molecule has 3 unspecified atom stereocenters. The van der Waals surface area contributed by atoms with Crippen LogP contribution in [0.1, 0.15) is 70.6 Å². The number of alkyl halides is 1. The third kappa shape index (κ3) is 3.08. The summed E-state index contributed by atoms with van der Waals surface area (Å²) in [7, 11) is 0. The molecule has 3 fully saturated rings. The molecule has 2 nitrogen and oxygen atoms in total. The fraction of sp³-hybridized carbons (Fsp3) is 0.941. The number of carbonyl (C=O) groups is 1. The predicted molar refractivity (Wildman–Crippen MR) is 85.9 cm³/mol. The Morgan fingerprint density at radius 1 is 1.00 bits per heavy atom. The Morgan fingerprint density at radius 2 is 1.70 bits per heavy atom. The highest BCUT2D eigenvalue weighted by atomic mass is 79.9. The molecule has 3 aliphatic carbocycles. The van der Waals surface area contributed by atoms with E-state index < -0.39 is 0 Å². The molecule has 3 atom stereocenters. The van der Waals surface area contributed by atoms with E-state index in [1.807, 2.05) is 0 Å². The molecular formula is C17H28BrNO. The summed E-state index contributed by atoms with van der Waals surface area (Å²) in [6, 6.07) is 0. The maximum Gasteiger partial charge on any atom is 0.223 e. The summed E-state index contributed by atoms with van der Waals surface area (Å²) in [5.74, 6) is 2.43.